The van der Waals surface area contributed by atoms with Crippen LogP contribution in [0.2, 0.25) is 0 Å². The quantitative estimate of drug-likeness (QED) is 0.781. The van der Waals surface area contributed by atoms with Crippen molar-refractivity contribution in [3.05, 3.63) is 0 Å². The number of hydrogen-bond acceptors (Lipinski definition) is 2. The number of nitrogens with zero attached hydrogens (tertiary/aromatic N) is 1. The monoisotopic (exact) mass is 226 g/mol. The molecule has 1 aliphatic carbocycles. The topological polar surface area (TPSA) is 29.3 Å². The Kier molecular flexibility index (Phi) is 5.26. The minimum absolute atomic E-state index is 0.300. The van der Waals surface area contributed by atoms with Gasteiger partial charge >= 0.3 is 0 Å². The van der Waals surface area contributed by atoms with Gasteiger partial charge in [-0.3, -0.25) is 4.90 Å². The van der Waals surface area contributed by atoms with Crippen molar-refractivity contribution in [3.8, 4) is 0 Å². The first kappa shape index (κ1) is 14.0. The molecule has 0 heterocycles. The van der Waals surface area contributed by atoms with Crippen LogP contribution in [-0.4, -0.2) is 29.6 Å². The molecular formula is C14H30N2. The van der Waals surface area contributed by atoms with Crippen LogP contribution in [0.3, 0.4) is 0 Å². The van der Waals surface area contributed by atoms with Gasteiger partial charge in [0.25, 0.3) is 0 Å². The lowest BCUT2D eigenvalue weighted by Gasteiger charge is -2.49. The lowest BCUT2D eigenvalue weighted by molar-refractivity contribution is 0.0219. The maximum Gasteiger partial charge on any atom is 0.0334 e. The third-order valence-corrected chi connectivity index (χ3v) is 4.57. The highest BCUT2D eigenvalue weighted by Crippen LogP contribution is 2.37. The van der Waals surface area contributed by atoms with E-state index in [0.29, 0.717) is 11.6 Å². The third kappa shape index (κ3) is 2.78. The number of hydrogen-bond donors (Lipinski definition) is 1. The van der Waals surface area contributed by atoms with E-state index in [1.54, 1.807) is 0 Å². The zero-order chi connectivity index (χ0) is 12.2. The first-order valence-electron chi connectivity index (χ1n) is 7.06. The summed E-state index contributed by atoms with van der Waals surface area (Å²) in [6, 6.07) is 0.617. The van der Waals surface area contributed by atoms with Crippen molar-refractivity contribution >= 4 is 0 Å². The van der Waals surface area contributed by atoms with Crippen molar-refractivity contribution < 1.29 is 0 Å². The van der Waals surface area contributed by atoms with E-state index in [0.717, 1.165) is 19.0 Å². The number of rotatable bonds is 5. The lowest BCUT2D eigenvalue weighted by Crippen LogP contribution is -2.58. The molecule has 0 bridgehead atoms. The van der Waals surface area contributed by atoms with Gasteiger partial charge in [-0.25, -0.2) is 0 Å². The van der Waals surface area contributed by atoms with Crippen molar-refractivity contribution in [3.63, 3.8) is 0 Å². The summed E-state index contributed by atoms with van der Waals surface area (Å²) in [6.45, 7) is 11.1. The van der Waals surface area contributed by atoms with Crippen molar-refractivity contribution in [1.29, 1.82) is 0 Å². The van der Waals surface area contributed by atoms with Crippen LogP contribution in [0.15, 0.2) is 0 Å². The molecule has 1 aliphatic rings. The largest absolute Gasteiger partial charge is 0.329 e. The van der Waals surface area contributed by atoms with Gasteiger partial charge in [0.15, 0.2) is 0 Å². The molecule has 0 aliphatic heterocycles. The summed E-state index contributed by atoms with van der Waals surface area (Å²) in [5.41, 5.74) is 6.40. The van der Waals surface area contributed by atoms with Crippen LogP contribution in [-0.2, 0) is 0 Å². The summed E-state index contributed by atoms with van der Waals surface area (Å²) in [4.78, 5) is 2.62. The Labute approximate surface area is 102 Å². The molecule has 0 atom stereocenters. The predicted octanol–water partition coefficient (Wildman–Crippen LogP) is 3.01. The Morgan fingerprint density at radius 2 is 1.81 bits per heavy atom. The first-order chi connectivity index (χ1) is 7.59. The summed E-state index contributed by atoms with van der Waals surface area (Å²) in [6.07, 6.45) is 6.68. The molecule has 1 rings (SSSR count). The predicted molar refractivity (Wildman–Crippen MR) is 71.6 cm³/mol. The van der Waals surface area contributed by atoms with E-state index in [9.17, 15) is 0 Å². The van der Waals surface area contributed by atoms with Crippen molar-refractivity contribution in [2.45, 2.75) is 71.4 Å². The van der Waals surface area contributed by atoms with Gasteiger partial charge in [0.05, 0.1) is 0 Å². The van der Waals surface area contributed by atoms with Crippen LogP contribution in [0.5, 0.6) is 0 Å². The molecular weight excluding hydrogens is 196 g/mol. The fourth-order valence-corrected chi connectivity index (χ4v) is 3.48. The highest BCUT2D eigenvalue weighted by Gasteiger charge is 2.39. The van der Waals surface area contributed by atoms with Gasteiger partial charge in [-0.2, -0.15) is 0 Å². The second-order valence-corrected chi connectivity index (χ2v) is 5.66. The van der Waals surface area contributed by atoms with Crippen LogP contribution >= 0.6 is 0 Å². The smallest absolute Gasteiger partial charge is 0.0334 e. The summed E-state index contributed by atoms with van der Waals surface area (Å²) in [5, 5.41) is 0. The van der Waals surface area contributed by atoms with Crippen LogP contribution < -0.4 is 5.73 Å². The van der Waals surface area contributed by atoms with Gasteiger partial charge in [0.2, 0.25) is 0 Å². The average molecular weight is 226 g/mol. The van der Waals surface area contributed by atoms with E-state index < -0.39 is 0 Å². The molecule has 2 heteroatoms. The average Bonchev–Trinajstić information content (AvgIpc) is 2.30. The fourth-order valence-electron chi connectivity index (χ4n) is 3.48. The zero-order valence-corrected chi connectivity index (χ0v) is 11.6. The van der Waals surface area contributed by atoms with E-state index in [2.05, 4.69) is 32.6 Å². The Morgan fingerprint density at radius 1 is 1.25 bits per heavy atom. The number of likely N-dealkylation sites (N-methyl/N-ethyl adjacent to an activating group) is 1. The molecule has 0 saturated heterocycles. The lowest BCUT2D eigenvalue weighted by atomic mass is 9.74. The summed E-state index contributed by atoms with van der Waals surface area (Å²) >= 11 is 0. The van der Waals surface area contributed by atoms with Gasteiger partial charge in [0.1, 0.15) is 0 Å². The Balaban J connectivity index is 2.71. The standard InChI is InChI=1S/C14H30N2/c1-5-13-7-9-14(11-15,10-8-13)16(6-2)12(3)4/h12-13H,5-11,15H2,1-4H3. The molecule has 0 radical (unpaired) electrons. The van der Waals surface area contributed by atoms with E-state index in [1.807, 2.05) is 0 Å². The molecule has 0 spiro atoms. The van der Waals surface area contributed by atoms with Gasteiger partial charge in [-0.15, -0.1) is 0 Å². The Bertz CT molecular complexity index is 193. The second-order valence-electron chi connectivity index (χ2n) is 5.66. The van der Waals surface area contributed by atoms with Crippen molar-refractivity contribution in [2.24, 2.45) is 11.7 Å². The van der Waals surface area contributed by atoms with Gasteiger partial charge in [0, 0.05) is 18.1 Å². The van der Waals surface area contributed by atoms with Crippen molar-refractivity contribution in [1.82, 2.24) is 4.90 Å². The second kappa shape index (κ2) is 6.02. The van der Waals surface area contributed by atoms with Gasteiger partial charge in [-0.05, 0) is 52.0 Å². The Hall–Kier alpha value is -0.0800. The Morgan fingerprint density at radius 3 is 2.12 bits per heavy atom. The van der Waals surface area contributed by atoms with Crippen LogP contribution in [0.25, 0.3) is 0 Å². The minimum atomic E-state index is 0.300. The molecule has 1 fully saturated rings. The van der Waals surface area contributed by atoms with Crippen LogP contribution in [0.4, 0.5) is 0 Å². The third-order valence-electron chi connectivity index (χ3n) is 4.57. The molecule has 0 aromatic rings. The van der Waals surface area contributed by atoms with Crippen molar-refractivity contribution in [2.75, 3.05) is 13.1 Å². The zero-order valence-electron chi connectivity index (χ0n) is 11.6. The summed E-state index contributed by atoms with van der Waals surface area (Å²) in [5.74, 6) is 0.950. The highest BCUT2D eigenvalue weighted by molar-refractivity contribution is 4.96. The molecule has 2 nitrogen and oxygen atoms in total. The molecule has 0 aromatic heterocycles. The molecule has 96 valence electrons. The highest BCUT2D eigenvalue weighted by atomic mass is 15.2. The minimum Gasteiger partial charge on any atom is -0.329 e. The van der Waals surface area contributed by atoms with Gasteiger partial charge in [-0.1, -0.05) is 20.3 Å². The molecule has 1 saturated carbocycles. The molecule has 2 N–H and O–H groups in total. The maximum atomic E-state index is 6.10. The molecule has 0 unspecified atom stereocenters. The number of nitrogens with two attached hydrogens (primary N) is 1. The van der Waals surface area contributed by atoms with Gasteiger partial charge < -0.3 is 5.73 Å². The van der Waals surface area contributed by atoms with E-state index >= 15 is 0 Å². The summed E-state index contributed by atoms with van der Waals surface area (Å²) < 4.78 is 0. The summed E-state index contributed by atoms with van der Waals surface area (Å²) in [7, 11) is 0. The first-order valence-corrected chi connectivity index (χ1v) is 7.06. The van der Waals surface area contributed by atoms with Crippen LogP contribution in [0, 0.1) is 5.92 Å². The molecule has 16 heavy (non-hydrogen) atoms. The van der Waals surface area contributed by atoms with E-state index in [1.165, 1.54) is 32.1 Å². The maximum absolute atomic E-state index is 6.10. The van der Waals surface area contributed by atoms with E-state index in [4.69, 9.17) is 5.73 Å². The fraction of sp³-hybridized carbons (Fsp3) is 1.00. The SMILES string of the molecule is CCC1CCC(CN)(N(CC)C(C)C)CC1. The molecule has 0 amide bonds. The van der Waals surface area contributed by atoms with Crippen LogP contribution in [0.1, 0.15) is 59.8 Å². The van der Waals surface area contributed by atoms with E-state index in [-0.39, 0.29) is 0 Å². The molecule has 0 aromatic carbocycles. The normalized spacial score (nSPS) is 31.3.